The van der Waals surface area contributed by atoms with Crippen LogP contribution in [0.1, 0.15) is 18.4 Å². The van der Waals surface area contributed by atoms with Gasteiger partial charge in [0, 0.05) is 0 Å². The van der Waals surface area contributed by atoms with Crippen molar-refractivity contribution in [3.05, 3.63) is 34.8 Å². The van der Waals surface area contributed by atoms with Crippen molar-refractivity contribution in [2.24, 2.45) is 5.10 Å². The Morgan fingerprint density at radius 3 is 2.48 bits per heavy atom. The van der Waals surface area contributed by atoms with Crippen molar-refractivity contribution in [3.8, 4) is 11.3 Å². The van der Waals surface area contributed by atoms with Crippen molar-refractivity contribution in [1.82, 2.24) is 4.98 Å². The number of aromatic nitrogens is 1. The molecular weight excluding hydrogens is 390 g/mol. The van der Waals surface area contributed by atoms with Gasteiger partial charge >= 0.3 is 142 Å². The fourth-order valence-corrected chi connectivity index (χ4v) is 4.49. The first-order valence-electron chi connectivity index (χ1n) is 7.05. The number of hydrazone groups is 1. The van der Waals surface area contributed by atoms with Gasteiger partial charge in [-0.2, -0.15) is 0 Å². The van der Waals surface area contributed by atoms with Gasteiger partial charge in [-0.1, -0.05) is 0 Å². The summed E-state index contributed by atoms with van der Waals surface area (Å²) in [5.41, 5.74) is 4.93. The van der Waals surface area contributed by atoms with E-state index in [9.17, 15) is 13.2 Å². The molecule has 0 aliphatic carbocycles. The molecule has 1 aromatic heterocycles. The fraction of sp³-hybridized carbons (Fsp3) is 0.333. The first-order valence-corrected chi connectivity index (χ1v) is 10.0. The van der Waals surface area contributed by atoms with E-state index >= 15 is 0 Å². The molecule has 1 aromatic carbocycles. The van der Waals surface area contributed by atoms with Crippen LogP contribution in [0.4, 0.5) is 17.9 Å². The average Bonchev–Trinajstić information content (AvgIpc) is 3.02. The van der Waals surface area contributed by atoms with Gasteiger partial charge < -0.3 is 0 Å². The van der Waals surface area contributed by atoms with Gasteiger partial charge in [0.1, 0.15) is 0 Å². The molecule has 2 heterocycles. The van der Waals surface area contributed by atoms with Gasteiger partial charge in [0.25, 0.3) is 0 Å². The van der Waals surface area contributed by atoms with Crippen LogP contribution < -0.4 is 5.43 Å². The van der Waals surface area contributed by atoms with Gasteiger partial charge in [0.2, 0.25) is 0 Å². The molecule has 122 valence electrons. The molecule has 0 amide bonds. The first-order chi connectivity index (χ1) is 11.0. The molecule has 1 fully saturated rings. The molecular formula is C15H14F3N3SSe. The summed E-state index contributed by atoms with van der Waals surface area (Å²) in [6.07, 6.45) is -2.31. The van der Waals surface area contributed by atoms with Crippen LogP contribution in [0.5, 0.6) is 0 Å². The monoisotopic (exact) mass is 405 g/mol. The molecule has 1 N–H and O–H groups in total. The SMILES string of the molecule is FC(F)(F)c1ccc(-c2c[se]c(NN=C3CCSCC3)n2)cc1. The van der Waals surface area contributed by atoms with Crippen molar-refractivity contribution in [2.75, 3.05) is 16.9 Å². The normalized spacial score (nSPS) is 15.5. The van der Waals surface area contributed by atoms with Crippen molar-refractivity contribution in [2.45, 2.75) is 19.0 Å². The number of nitrogens with one attached hydrogen (secondary N) is 1. The molecule has 0 bridgehead atoms. The minimum absolute atomic E-state index is 0.0332. The van der Waals surface area contributed by atoms with Crippen LogP contribution in [-0.2, 0) is 6.18 Å². The van der Waals surface area contributed by atoms with E-state index in [4.69, 9.17) is 0 Å². The average molecular weight is 404 g/mol. The minimum atomic E-state index is -4.31. The van der Waals surface area contributed by atoms with Crippen LogP contribution in [0.15, 0.2) is 34.3 Å². The van der Waals surface area contributed by atoms with Crippen LogP contribution in [0, 0.1) is 0 Å². The number of hydrogen-bond donors (Lipinski definition) is 1. The van der Waals surface area contributed by atoms with E-state index in [1.807, 2.05) is 16.7 Å². The molecule has 3 rings (SSSR count). The van der Waals surface area contributed by atoms with Gasteiger partial charge in [-0.3, -0.25) is 0 Å². The second kappa shape index (κ2) is 7.11. The Morgan fingerprint density at radius 1 is 1.13 bits per heavy atom. The summed E-state index contributed by atoms with van der Waals surface area (Å²) in [6, 6.07) is 5.09. The second-order valence-corrected chi connectivity index (χ2v) is 8.04. The Hall–Kier alpha value is -1.24. The van der Waals surface area contributed by atoms with E-state index in [2.05, 4.69) is 15.5 Å². The van der Waals surface area contributed by atoms with E-state index in [-0.39, 0.29) is 14.5 Å². The summed E-state index contributed by atoms with van der Waals surface area (Å²) in [6.45, 7) is 0. The zero-order valence-electron chi connectivity index (χ0n) is 12.1. The quantitative estimate of drug-likeness (QED) is 0.618. The van der Waals surface area contributed by atoms with Crippen molar-refractivity contribution < 1.29 is 13.2 Å². The molecule has 1 aliphatic heterocycles. The summed E-state index contributed by atoms with van der Waals surface area (Å²) >= 11 is 1.97. The van der Waals surface area contributed by atoms with Crippen LogP contribution in [-0.4, -0.2) is 36.7 Å². The summed E-state index contributed by atoms with van der Waals surface area (Å²) in [7, 11) is 0. The first kappa shape index (κ1) is 16.6. The van der Waals surface area contributed by atoms with Crippen LogP contribution in [0.3, 0.4) is 0 Å². The zero-order valence-corrected chi connectivity index (χ0v) is 14.6. The molecule has 0 unspecified atom stereocenters. The molecule has 8 heteroatoms. The van der Waals surface area contributed by atoms with Crippen molar-refractivity contribution >= 4 is 36.7 Å². The molecule has 0 radical (unpaired) electrons. The third-order valence-electron chi connectivity index (χ3n) is 3.39. The van der Waals surface area contributed by atoms with Crippen molar-refractivity contribution in [1.29, 1.82) is 0 Å². The molecule has 2 aromatic rings. The number of benzene rings is 1. The topological polar surface area (TPSA) is 37.3 Å². The maximum atomic E-state index is 12.6. The van der Waals surface area contributed by atoms with Gasteiger partial charge in [0.05, 0.1) is 0 Å². The number of halogens is 3. The van der Waals surface area contributed by atoms with Gasteiger partial charge in [-0.25, -0.2) is 0 Å². The molecule has 1 aliphatic rings. The maximum absolute atomic E-state index is 12.6. The fourth-order valence-electron chi connectivity index (χ4n) is 2.13. The molecule has 1 saturated heterocycles. The van der Waals surface area contributed by atoms with Gasteiger partial charge in [-0.05, 0) is 0 Å². The summed E-state index contributed by atoms with van der Waals surface area (Å²) in [5, 5.41) is 4.40. The van der Waals surface area contributed by atoms with E-state index in [0.717, 1.165) is 46.9 Å². The standard InChI is InChI=1S/C15H14F3N3SSe/c16-15(17,18)11-3-1-10(2-4-11)13-9-23-14(19-13)21-20-12-5-7-22-8-6-12/h1-4,9H,5-8H2,(H,19,21). The molecule has 0 atom stereocenters. The summed E-state index contributed by atoms with van der Waals surface area (Å²) in [5.74, 6) is 2.21. The Kier molecular flexibility index (Phi) is 5.14. The van der Waals surface area contributed by atoms with Crippen LogP contribution >= 0.6 is 11.8 Å². The third-order valence-corrected chi connectivity index (χ3v) is 5.94. The number of rotatable bonds is 3. The zero-order chi connectivity index (χ0) is 16.3. The number of thioether (sulfide) groups is 1. The van der Waals surface area contributed by atoms with Gasteiger partial charge in [0.15, 0.2) is 0 Å². The summed E-state index contributed by atoms with van der Waals surface area (Å²) < 4.78 is 38.5. The Morgan fingerprint density at radius 2 is 1.83 bits per heavy atom. The Balaban J connectivity index is 1.69. The predicted octanol–water partition coefficient (Wildman–Crippen LogP) is 4.12. The molecule has 0 saturated carbocycles. The molecule has 3 nitrogen and oxygen atoms in total. The van der Waals surface area contributed by atoms with E-state index in [0.29, 0.717) is 11.3 Å². The van der Waals surface area contributed by atoms with Crippen LogP contribution in [0.2, 0.25) is 0 Å². The van der Waals surface area contributed by atoms with E-state index in [1.165, 1.54) is 12.1 Å². The second-order valence-electron chi connectivity index (χ2n) is 5.02. The number of nitrogens with zero attached hydrogens (tertiary/aromatic N) is 2. The van der Waals surface area contributed by atoms with Gasteiger partial charge in [-0.15, -0.1) is 0 Å². The molecule has 0 spiro atoms. The third kappa shape index (κ3) is 4.40. The van der Waals surface area contributed by atoms with E-state index in [1.54, 1.807) is 0 Å². The summed E-state index contributed by atoms with van der Waals surface area (Å²) in [4.78, 5) is 6.39. The Bertz CT molecular complexity index is 687. The predicted molar refractivity (Wildman–Crippen MR) is 89.2 cm³/mol. The number of alkyl halides is 3. The number of hydrogen-bond acceptors (Lipinski definition) is 4. The van der Waals surface area contributed by atoms with Crippen LogP contribution in [0.25, 0.3) is 11.3 Å². The number of anilines is 1. The Labute approximate surface area is 142 Å². The molecule has 23 heavy (non-hydrogen) atoms. The van der Waals surface area contributed by atoms with E-state index < -0.39 is 11.7 Å². The van der Waals surface area contributed by atoms with Crippen molar-refractivity contribution in [3.63, 3.8) is 0 Å².